The van der Waals surface area contributed by atoms with E-state index in [2.05, 4.69) is 20.8 Å². The van der Waals surface area contributed by atoms with Crippen LogP contribution < -0.4 is 0 Å². The van der Waals surface area contributed by atoms with E-state index in [4.69, 9.17) is 0 Å². The summed E-state index contributed by atoms with van der Waals surface area (Å²) < 4.78 is 0. The molecule has 0 heteroatoms. The van der Waals surface area contributed by atoms with Crippen molar-refractivity contribution in [3.05, 3.63) is 0 Å². The third kappa shape index (κ3) is 2.74. The lowest BCUT2D eigenvalue weighted by Gasteiger charge is -2.46. The molecule has 0 aliphatic heterocycles. The first-order valence-electron chi connectivity index (χ1n) is 6.75. The maximum atomic E-state index is 2.49. The summed E-state index contributed by atoms with van der Waals surface area (Å²) in [6.07, 6.45) is 13.1. The standard InChI is InChI=1S/C14H28/c1-4-6-7-8-10-13(3)14(5-2)11-9-12-14/h13H,4-12H2,1-3H3. The molecule has 0 aromatic carbocycles. The van der Waals surface area contributed by atoms with Gasteiger partial charge in [0.2, 0.25) is 0 Å². The molecule has 0 aromatic rings. The Labute approximate surface area is 90.5 Å². The summed E-state index contributed by atoms with van der Waals surface area (Å²) in [5, 5.41) is 0. The van der Waals surface area contributed by atoms with Gasteiger partial charge in [-0.1, -0.05) is 65.7 Å². The van der Waals surface area contributed by atoms with Crippen LogP contribution in [0.2, 0.25) is 0 Å². The summed E-state index contributed by atoms with van der Waals surface area (Å²) >= 11 is 0. The van der Waals surface area contributed by atoms with Gasteiger partial charge in [0.25, 0.3) is 0 Å². The molecule has 0 radical (unpaired) electrons. The number of rotatable bonds is 7. The van der Waals surface area contributed by atoms with Crippen LogP contribution in [0.25, 0.3) is 0 Å². The monoisotopic (exact) mass is 196 g/mol. The van der Waals surface area contributed by atoms with Crippen molar-refractivity contribution in [3.63, 3.8) is 0 Å². The van der Waals surface area contributed by atoms with Crippen molar-refractivity contribution < 1.29 is 0 Å². The quantitative estimate of drug-likeness (QED) is 0.493. The van der Waals surface area contributed by atoms with Crippen molar-refractivity contribution in [3.8, 4) is 0 Å². The van der Waals surface area contributed by atoms with E-state index in [9.17, 15) is 0 Å². The highest BCUT2D eigenvalue weighted by molar-refractivity contribution is 4.90. The predicted octanol–water partition coefficient (Wildman–Crippen LogP) is 5.17. The summed E-state index contributed by atoms with van der Waals surface area (Å²) in [5.74, 6) is 0.984. The molecule has 1 fully saturated rings. The lowest BCUT2D eigenvalue weighted by molar-refractivity contribution is 0.0472. The Bertz CT molecular complexity index is 139. The average Bonchev–Trinajstić information content (AvgIpc) is 2.12. The number of hydrogen-bond acceptors (Lipinski definition) is 0. The lowest BCUT2D eigenvalue weighted by atomic mass is 9.59. The third-order valence-electron chi connectivity index (χ3n) is 4.59. The molecule has 0 spiro atoms. The molecule has 14 heavy (non-hydrogen) atoms. The van der Waals surface area contributed by atoms with Gasteiger partial charge in [-0.15, -0.1) is 0 Å². The van der Waals surface area contributed by atoms with E-state index in [1.165, 1.54) is 57.8 Å². The van der Waals surface area contributed by atoms with Crippen LogP contribution in [0.3, 0.4) is 0 Å². The van der Waals surface area contributed by atoms with Gasteiger partial charge in [0, 0.05) is 0 Å². The van der Waals surface area contributed by atoms with Gasteiger partial charge in [-0.25, -0.2) is 0 Å². The topological polar surface area (TPSA) is 0 Å². The van der Waals surface area contributed by atoms with Gasteiger partial charge in [-0.05, 0) is 24.2 Å². The molecule has 1 rings (SSSR count). The van der Waals surface area contributed by atoms with Crippen LogP contribution in [0.4, 0.5) is 0 Å². The Morgan fingerprint density at radius 1 is 1.07 bits per heavy atom. The normalized spacial score (nSPS) is 21.6. The van der Waals surface area contributed by atoms with Crippen LogP contribution in [-0.2, 0) is 0 Å². The van der Waals surface area contributed by atoms with E-state index in [0.717, 1.165) is 11.3 Å². The van der Waals surface area contributed by atoms with E-state index < -0.39 is 0 Å². The molecule has 1 saturated carbocycles. The first-order valence-corrected chi connectivity index (χ1v) is 6.75. The largest absolute Gasteiger partial charge is 0.0654 e. The molecule has 0 bridgehead atoms. The minimum atomic E-state index is 0.770. The first-order chi connectivity index (χ1) is 6.75. The molecular formula is C14H28. The van der Waals surface area contributed by atoms with Gasteiger partial charge in [0.15, 0.2) is 0 Å². The molecule has 0 nitrogen and oxygen atoms in total. The van der Waals surface area contributed by atoms with Crippen molar-refractivity contribution in [1.82, 2.24) is 0 Å². The van der Waals surface area contributed by atoms with Crippen LogP contribution >= 0.6 is 0 Å². The Morgan fingerprint density at radius 3 is 2.21 bits per heavy atom. The fourth-order valence-electron chi connectivity index (χ4n) is 3.01. The Hall–Kier alpha value is 0. The first kappa shape index (κ1) is 12.1. The molecule has 1 aliphatic carbocycles. The molecule has 0 amide bonds. The summed E-state index contributed by atoms with van der Waals surface area (Å²) in [7, 11) is 0. The van der Waals surface area contributed by atoms with Crippen molar-refractivity contribution in [2.24, 2.45) is 11.3 Å². The molecule has 0 saturated heterocycles. The highest BCUT2D eigenvalue weighted by Gasteiger charge is 2.39. The van der Waals surface area contributed by atoms with Gasteiger partial charge < -0.3 is 0 Å². The smallest absolute Gasteiger partial charge is 0.0274 e. The molecule has 0 aromatic heterocycles. The third-order valence-corrected chi connectivity index (χ3v) is 4.59. The maximum absolute atomic E-state index is 2.49. The van der Waals surface area contributed by atoms with Crippen molar-refractivity contribution >= 4 is 0 Å². The van der Waals surface area contributed by atoms with E-state index in [1.807, 2.05) is 0 Å². The minimum absolute atomic E-state index is 0.770. The van der Waals surface area contributed by atoms with Gasteiger partial charge in [-0.3, -0.25) is 0 Å². The van der Waals surface area contributed by atoms with Crippen molar-refractivity contribution in [1.29, 1.82) is 0 Å². The highest BCUT2D eigenvalue weighted by atomic mass is 14.4. The summed E-state index contributed by atoms with van der Waals surface area (Å²) in [6, 6.07) is 0. The van der Waals surface area contributed by atoms with Crippen molar-refractivity contribution in [2.75, 3.05) is 0 Å². The fourth-order valence-corrected chi connectivity index (χ4v) is 3.01. The van der Waals surface area contributed by atoms with Crippen LogP contribution in [-0.4, -0.2) is 0 Å². The highest BCUT2D eigenvalue weighted by Crippen LogP contribution is 2.51. The van der Waals surface area contributed by atoms with Crippen molar-refractivity contribution in [2.45, 2.75) is 78.6 Å². The fraction of sp³-hybridized carbons (Fsp3) is 1.00. The van der Waals surface area contributed by atoms with Gasteiger partial charge in [0.1, 0.15) is 0 Å². The van der Waals surface area contributed by atoms with Gasteiger partial charge in [-0.2, -0.15) is 0 Å². The van der Waals surface area contributed by atoms with E-state index in [-0.39, 0.29) is 0 Å². The van der Waals surface area contributed by atoms with Crippen LogP contribution in [0.1, 0.15) is 78.6 Å². The second-order valence-corrected chi connectivity index (χ2v) is 5.32. The minimum Gasteiger partial charge on any atom is -0.0654 e. The molecule has 1 aliphatic rings. The number of unbranched alkanes of at least 4 members (excludes halogenated alkanes) is 3. The van der Waals surface area contributed by atoms with E-state index >= 15 is 0 Å². The summed E-state index contributed by atoms with van der Waals surface area (Å²) in [5.41, 5.74) is 0.770. The summed E-state index contributed by atoms with van der Waals surface area (Å²) in [6.45, 7) is 7.18. The molecule has 1 atom stereocenters. The number of hydrogen-bond donors (Lipinski definition) is 0. The molecule has 1 unspecified atom stereocenters. The Kier molecular flexibility index (Phi) is 4.98. The second kappa shape index (κ2) is 5.78. The molecule has 0 N–H and O–H groups in total. The van der Waals surface area contributed by atoms with Crippen LogP contribution in [0.5, 0.6) is 0 Å². The van der Waals surface area contributed by atoms with E-state index in [1.54, 1.807) is 0 Å². The second-order valence-electron chi connectivity index (χ2n) is 5.32. The molecular weight excluding hydrogens is 168 g/mol. The Morgan fingerprint density at radius 2 is 1.79 bits per heavy atom. The summed E-state index contributed by atoms with van der Waals surface area (Å²) in [4.78, 5) is 0. The van der Waals surface area contributed by atoms with Gasteiger partial charge >= 0.3 is 0 Å². The SMILES string of the molecule is CCCCCCC(C)C1(CC)CCC1. The predicted molar refractivity (Wildman–Crippen MR) is 64.5 cm³/mol. The van der Waals surface area contributed by atoms with E-state index in [0.29, 0.717) is 0 Å². The average molecular weight is 196 g/mol. The Balaban J connectivity index is 2.16. The molecule has 84 valence electrons. The zero-order valence-electron chi connectivity index (χ0n) is 10.4. The van der Waals surface area contributed by atoms with Crippen LogP contribution in [0.15, 0.2) is 0 Å². The molecule has 0 heterocycles. The lowest BCUT2D eigenvalue weighted by Crippen LogP contribution is -2.35. The maximum Gasteiger partial charge on any atom is -0.0274 e. The zero-order chi connectivity index (χ0) is 10.4. The van der Waals surface area contributed by atoms with Crippen LogP contribution in [0, 0.1) is 11.3 Å². The van der Waals surface area contributed by atoms with Gasteiger partial charge in [0.05, 0.1) is 0 Å². The zero-order valence-corrected chi connectivity index (χ0v) is 10.4.